The fourth-order valence-electron chi connectivity index (χ4n) is 1.72. The molecule has 19 heavy (non-hydrogen) atoms. The summed E-state index contributed by atoms with van der Waals surface area (Å²) >= 11 is 0. The molecule has 0 unspecified atom stereocenters. The van der Waals surface area contributed by atoms with Crippen LogP contribution in [0.5, 0.6) is 0 Å². The number of benzene rings is 2. The zero-order chi connectivity index (χ0) is 13.8. The molecule has 0 saturated heterocycles. The topological polar surface area (TPSA) is 63.6 Å². The maximum Gasteiger partial charge on any atom is 0.338 e. The maximum absolute atomic E-state index is 11.7. The second-order valence-corrected chi connectivity index (χ2v) is 3.97. The molecule has 0 fully saturated rings. The molecule has 0 spiro atoms. The van der Waals surface area contributed by atoms with E-state index in [2.05, 4.69) is 6.58 Å². The Morgan fingerprint density at radius 3 is 2.26 bits per heavy atom. The summed E-state index contributed by atoms with van der Waals surface area (Å²) in [7, 11) is 0. The molecule has 0 atom stereocenters. The van der Waals surface area contributed by atoms with Crippen molar-refractivity contribution in [1.82, 2.24) is 0 Å². The highest BCUT2D eigenvalue weighted by atomic mass is 16.5. The van der Waals surface area contributed by atoms with Crippen LogP contribution in [0.15, 0.2) is 49.1 Å². The highest BCUT2D eigenvalue weighted by molar-refractivity contribution is 5.98. The molecular weight excluding hydrogens is 244 g/mol. The lowest BCUT2D eigenvalue weighted by molar-refractivity contribution is 0.0549. The first-order valence-corrected chi connectivity index (χ1v) is 5.67. The third-order valence-electron chi connectivity index (χ3n) is 2.66. The lowest BCUT2D eigenvalue weighted by Gasteiger charge is -2.04. The molecule has 0 bridgehead atoms. The molecule has 0 aromatic heterocycles. The van der Waals surface area contributed by atoms with Crippen molar-refractivity contribution in [3.05, 3.63) is 60.2 Å². The van der Waals surface area contributed by atoms with Gasteiger partial charge in [0.1, 0.15) is 6.61 Å². The van der Waals surface area contributed by atoms with Gasteiger partial charge in [-0.3, -0.25) is 0 Å². The molecule has 2 aromatic rings. The zero-order valence-corrected chi connectivity index (χ0v) is 10.1. The van der Waals surface area contributed by atoms with E-state index < -0.39 is 11.9 Å². The van der Waals surface area contributed by atoms with Crippen LogP contribution in [0.25, 0.3) is 10.8 Å². The number of carbonyl (C=O) groups is 2. The Labute approximate surface area is 109 Å². The minimum absolute atomic E-state index is 0.162. The van der Waals surface area contributed by atoms with Gasteiger partial charge in [-0.15, -0.1) is 0 Å². The third kappa shape index (κ3) is 2.80. The van der Waals surface area contributed by atoms with Crippen LogP contribution < -0.4 is 0 Å². The van der Waals surface area contributed by atoms with Gasteiger partial charge in [-0.05, 0) is 35.0 Å². The number of hydrogen-bond acceptors (Lipinski definition) is 3. The van der Waals surface area contributed by atoms with E-state index in [1.54, 1.807) is 30.3 Å². The van der Waals surface area contributed by atoms with E-state index in [0.717, 1.165) is 10.8 Å². The molecule has 1 N–H and O–H groups in total. The van der Waals surface area contributed by atoms with E-state index in [1.807, 2.05) is 0 Å². The first-order chi connectivity index (χ1) is 9.11. The number of carboxylic acids is 1. The van der Waals surface area contributed by atoms with Crippen LogP contribution in [0.1, 0.15) is 20.7 Å². The molecule has 0 saturated carbocycles. The van der Waals surface area contributed by atoms with Crippen molar-refractivity contribution in [3.63, 3.8) is 0 Å². The quantitative estimate of drug-likeness (QED) is 0.674. The van der Waals surface area contributed by atoms with Crippen molar-refractivity contribution >= 4 is 22.7 Å². The number of rotatable bonds is 4. The van der Waals surface area contributed by atoms with Crippen LogP contribution in [-0.4, -0.2) is 23.7 Å². The lowest BCUT2D eigenvalue weighted by Crippen LogP contribution is -2.04. The number of ether oxygens (including phenoxy) is 1. The summed E-state index contributed by atoms with van der Waals surface area (Å²) in [5.41, 5.74) is 0.645. The number of esters is 1. The highest BCUT2D eigenvalue weighted by Crippen LogP contribution is 2.18. The zero-order valence-electron chi connectivity index (χ0n) is 10.1. The van der Waals surface area contributed by atoms with Crippen LogP contribution in [0.4, 0.5) is 0 Å². The van der Waals surface area contributed by atoms with Gasteiger partial charge in [-0.25, -0.2) is 9.59 Å². The summed E-state index contributed by atoms with van der Waals surface area (Å²) in [4.78, 5) is 22.5. The first kappa shape index (κ1) is 12.8. The molecule has 2 aromatic carbocycles. The van der Waals surface area contributed by atoms with E-state index >= 15 is 0 Å². The molecule has 4 heteroatoms. The van der Waals surface area contributed by atoms with Crippen LogP contribution in [-0.2, 0) is 4.74 Å². The number of hydrogen-bond donors (Lipinski definition) is 1. The van der Waals surface area contributed by atoms with E-state index in [-0.39, 0.29) is 12.2 Å². The minimum atomic E-state index is -0.976. The van der Waals surface area contributed by atoms with Gasteiger partial charge < -0.3 is 9.84 Å². The van der Waals surface area contributed by atoms with Gasteiger partial charge in [0.05, 0.1) is 11.1 Å². The molecule has 0 radical (unpaired) electrons. The molecule has 4 nitrogen and oxygen atoms in total. The summed E-state index contributed by atoms with van der Waals surface area (Å²) < 4.78 is 4.94. The molecule has 0 aliphatic heterocycles. The van der Waals surface area contributed by atoms with Gasteiger partial charge in [-0.2, -0.15) is 0 Å². The Kier molecular flexibility index (Phi) is 3.61. The molecule has 96 valence electrons. The minimum Gasteiger partial charge on any atom is -0.478 e. The van der Waals surface area contributed by atoms with E-state index in [4.69, 9.17) is 9.84 Å². The average Bonchev–Trinajstić information content (AvgIpc) is 2.43. The van der Waals surface area contributed by atoms with Gasteiger partial charge >= 0.3 is 11.9 Å². The van der Waals surface area contributed by atoms with Crippen molar-refractivity contribution in [2.24, 2.45) is 0 Å². The van der Waals surface area contributed by atoms with E-state index in [0.29, 0.717) is 5.56 Å². The summed E-state index contributed by atoms with van der Waals surface area (Å²) in [6.07, 6.45) is 1.50. The van der Waals surface area contributed by atoms with Gasteiger partial charge in [-0.1, -0.05) is 24.8 Å². The number of carbonyl (C=O) groups excluding carboxylic acids is 1. The maximum atomic E-state index is 11.7. The number of aromatic carboxylic acids is 1. The summed E-state index contributed by atoms with van der Waals surface area (Å²) in [5.74, 6) is -1.40. The van der Waals surface area contributed by atoms with Gasteiger partial charge in [0.15, 0.2) is 0 Å². The standard InChI is InChI=1S/C15H12O4/c1-2-7-19-15(18)13-6-4-10-8-12(14(16)17)5-3-11(10)9-13/h2-6,8-9H,1,7H2,(H,16,17). The van der Waals surface area contributed by atoms with Gasteiger partial charge in [0, 0.05) is 0 Å². The molecule has 0 amide bonds. The van der Waals surface area contributed by atoms with Crippen LogP contribution in [0.2, 0.25) is 0 Å². The normalized spacial score (nSPS) is 10.1. The van der Waals surface area contributed by atoms with Crippen molar-refractivity contribution < 1.29 is 19.4 Å². The predicted molar refractivity (Wildman–Crippen MR) is 71.4 cm³/mol. The fourth-order valence-corrected chi connectivity index (χ4v) is 1.72. The largest absolute Gasteiger partial charge is 0.478 e. The average molecular weight is 256 g/mol. The van der Waals surface area contributed by atoms with E-state index in [9.17, 15) is 9.59 Å². The smallest absolute Gasteiger partial charge is 0.338 e. The second-order valence-electron chi connectivity index (χ2n) is 3.97. The van der Waals surface area contributed by atoms with Crippen LogP contribution in [0, 0.1) is 0 Å². The fraction of sp³-hybridized carbons (Fsp3) is 0.0667. The summed E-state index contributed by atoms with van der Waals surface area (Å²) in [6.45, 7) is 3.63. The number of fused-ring (bicyclic) bond motifs is 1. The van der Waals surface area contributed by atoms with Crippen molar-refractivity contribution in [2.75, 3.05) is 6.61 Å². The summed E-state index contributed by atoms with van der Waals surface area (Å²) in [6, 6.07) is 9.72. The lowest BCUT2D eigenvalue weighted by atomic mass is 10.0. The molecule has 0 heterocycles. The second kappa shape index (κ2) is 5.35. The first-order valence-electron chi connectivity index (χ1n) is 5.67. The van der Waals surface area contributed by atoms with Crippen molar-refractivity contribution in [2.45, 2.75) is 0 Å². The monoisotopic (exact) mass is 256 g/mol. The molecule has 2 rings (SSSR count). The Hall–Kier alpha value is -2.62. The van der Waals surface area contributed by atoms with Gasteiger partial charge in [0.25, 0.3) is 0 Å². The summed E-state index contributed by atoms with van der Waals surface area (Å²) in [5, 5.41) is 10.5. The van der Waals surface area contributed by atoms with Crippen LogP contribution >= 0.6 is 0 Å². The Bertz CT molecular complexity index is 658. The van der Waals surface area contributed by atoms with Crippen molar-refractivity contribution in [3.8, 4) is 0 Å². The SMILES string of the molecule is C=CCOC(=O)c1ccc2cc(C(=O)O)ccc2c1. The Morgan fingerprint density at radius 2 is 1.68 bits per heavy atom. The predicted octanol–water partition coefficient (Wildman–Crippen LogP) is 2.88. The Balaban J connectivity index is 2.36. The molecular formula is C15H12O4. The van der Waals surface area contributed by atoms with E-state index in [1.165, 1.54) is 12.1 Å². The molecule has 0 aliphatic rings. The van der Waals surface area contributed by atoms with Crippen LogP contribution in [0.3, 0.4) is 0 Å². The highest BCUT2D eigenvalue weighted by Gasteiger charge is 2.08. The Morgan fingerprint density at radius 1 is 1.11 bits per heavy atom. The third-order valence-corrected chi connectivity index (χ3v) is 2.66. The number of carboxylic acid groups (broad SMARTS) is 1. The van der Waals surface area contributed by atoms with Crippen molar-refractivity contribution in [1.29, 1.82) is 0 Å². The molecule has 0 aliphatic carbocycles. The van der Waals surface area contributed by atoms with Gasteiger partial charge in [0.2, 0.25) is 0 Å².